The van der Waals surface area contributed by atoms with E-state index in [0.717, 1.165) is 36.1 Å². The van der Waals surface area contributed by atoms with E-state index in [4.69, 9.17) is 11.0 Å². The molecule has 0 spiro atoms. The molecule has 3 nitrogen and oxygen atoms in total. The van der Waals surface area contributed by atoms with E-state index in [1.54, 1.807) is 0 Å². The number of rotatable bonds is 1. The summed E-state index contributed by atoms with van der Waals surface area (Å²) in [5.41, 5.74) is 7.72. The van der Waals surface area contributed by atoms with Gasteiger partial charge in [0.1, 0.15) is 0 Å². The Balaban J connectivity index is 2.18. The van der Waals surface area contributed by atoms with Crippen LogP contribution in [0, 0.1) is 11.3 Å². The van der Waals surface area contributed by atoms with Crippen LogP contribution >= 0.6 is 15.9 Å². The third kappa shape index (κ3) is 2.37. The Morgan fingerprint density at radius 3 is 2.62 bits per heavy atom. The first-order valence-corrected chi connectivity index (χ1v) is 6.20. The van der Waals surface area contributed by atoms with Crippen molar-refractivity contribution in [2.24, 2.45) is 5.73 Å². The van der Waals surface area contributed by atoms with Gasteiger partial charge in [0.2, 0.25) is 0 Å². The molecule has 0 aliphatic carbocycles. The maximum Gasteiger partial charge on any atom is 0.0992 e. The van der Waals surface area contributed by atoms with Gasteiger partial charge in [0, 0.05) is 23.6 Å². The smallest absolute Gasteiger partial charge is 0.0992 e. The van der Waals surface area contributed by atoms with E-state index in [9.17, 15) is 0 Å². The van der Waals surface area contributed by atoms with Gasteiger partial charge < -0.3 is 10.6 Å². The molecule has 1 aliphatic rings. The van der Waals surface area contributed by atoms with E-state index < -0.39 is 0 Å². The van der Waals surface area contributed by atoms with Gasteiger partial charge >= 0.3 is 0 Å². The van der Waals surface area contributed by atoms with Crippen molar-refractivity contribution in [1.82, 2.24) is 0 Å². The molecule has 0 aromatic heterocycles. The van der Waals surface area contributed by atoms with E-state index in [1.165, 1.54) is 0 Å². The molecule has 1 heterocycles. The van der Waals surface area contributed by atoms with Crippen LogP contribution in [-0.4, -0.2) is 19.1 Å². The lowest BCUT2D eigenvalue weighted by Gasteiger charge is -2.32. The summed E-state index contributed by atoms with van der Waals surface area (Å²) in [5, 5.41) is 8.80. The molecule has 0 radical (unpaired) electrons. The number of hydrogen-bond acceptors (Lipinski definition) is 3. The fourth-order valence-electron chi connectivity index (χ4n) is 1.97. The molecule has 84 valence electrons. The zero-order valence-corrected chi connectivity index (χ0v) is 10.6. The third-order valence-corrected chi connectivity index (χ3v) is 3.59. The molecule has 0 amide bonds. The Kier molecular flexibility index (Phi) is 3.47. The minimum absolute atomic E-state index is 0.341. The first-order valence-electron chi connectivity index (χ1n) is 5.41. The van der Waals surface area contributed by atoms with Crippen molar-refractivity contribution in [3.05, 3.63) is 28.2 Å². The maximum absolute atomic E-state index is 8.80. The number of piperidine rings is 1. The van der Waals surface area contributed by atoms with Crippen molar-refractivity contribution in [3.8, 4) is 6.07 Å². The lowest BCUT2D eigenvalue weighted by atomic mass is 10.1. The number of nitriles is 1. The predicted molar refractivity (Wildman–Crippen MR) is 68.3 cm³/mol. The number of nitrogens with two attached hydrogens (primary N) is 1. The van der Waals surface area contributed by atoms with Gasteiger partial charge in [-0.2, -0.15) is 5.26 Å². The van der Waals surface area contributed by atoms with Gasteiger partial charge in [-0.05, 0) is 47.0 Å². The van der Waals surface area contributed by atoms with E-state index >= 15 is 0 Å². The standard InChI is InChI=1S/C12H14BrN3/c13-11-7-9(8-14)1-2-12(11)16-5-3-10(15)4-6-16/h1-2,7,10H,3-6,15H2. The molecule has 1 aromatic rings. The zero-order chi connectivity index (χ0) is 11.5. The number of benzene rings is 1. The fourth-order valence-corrected chi connectivity index (χ4v) is 2.60. The molecule has 1 saturated heterocycles. The first-order chi connectivity index (χ1) is 7.70. The summed E-state index contributed by atoms with van der Waals surface area (Å²) < 4.78 is 0.988. The largest absolute Gasteiger partial charge is 0.371 e. The number of hydrogen-bond donors (Lipinski definition) is 1. The molecule has 0 saturated carbocycles. The molecule has 1 fully saturated rings. The SMILES string of the molecule is N#Cc1ccc(N2CCC(N)CC2)c(Br)c1. The van der Waals surface area contributed by atoms with E-state index in [-0.39, 0.29) is 0 Å². The van der Waals surface area contributed by atoms with Gasteiger partial charge in [-0.3, -0.25) is 0 Å². The molecular formula is C12H14BrN3. The van der Waals surface area contributed by atoms with E-state index in [1.807, 2.05) is 18.2 Å². The van der Waals surface area contributed by atoms with Crippen molar-refractivity contribution in [2.75, 3.05) is 18.0 Å². The fraction of sp³-hybridized carbons (Fsp3) is 0.417. The van der Waals surface area contributed by atoms with Crippen LogP contribution < -0.4 is 10.6 Å². The van der Waals surface area contributed by atoms with Gasteiger partial charge in [0.25, 0.3) is 0 Å². The second-order valence-corrected chi connectivity index (χ2v) is 4.96. The van der Waals surface area contributed by atoms with Crippen molar-refractivity contribution < 1.29 is 0 Å². The van der Waals surface area contributed by atoms with Crippen LogP contribution in [0.1, 0.15) is 18.4 Å². The molecule has 0 atom stereocenters. The van der Waals surface area contributed by atoms with Gasteiger partial charge in [0.05, 0.1) is 17.3 Å². The predicted octanol–water partition coefficient (Wildman–Crippen LogP) is 2.25. The number of anilines is 1. The molecule has 2 rings (SSSR count). The molecule has 0 bridgehead atoms. The first kappa shape index (κ1) is 11.4. The number of nitrogens with zero attached hydrogens (tertiary/aromatic N) is 2. The highest BCUT2D eigenvalue weighted by Crippen LogP contribution is 2.29. The zero-order valence-electron chi connectivity index (χ0n) is 8.99. The molecule has 4 heteroatoms. The molecule has 16 heavy (non-hydrogen) atoms. The Morgan fingerprint density at radius 1 is 1.38 bits per heavy atom. The molecule has 2 N–H and O–H groups in total. The van der Waals surface area contributed by atoms with Crippen LogP contribution in [-0.2, 0) is 0 Å². The summed E-state index contributed by atoms with van der Waals surface area (Å²) in [6.45, 7) is 1.98. The van der Waals surface area contributed by atoms with Crippen molar-refractivity contribution in [3.63, 3.8) is 0 Å². The van der Waals surface area contributed by atoms with Crippen LogP contribution in [0.4, 0.5) is 5.69 Å². The quantitative estimate of drug-likeness (QED) is 0.858. The molecule has 0 unspecified atom stereocenters. The van der Waals surface area contributed by atoms with Crippen LogP contribution in [0.5, 0.6) is 0 Å². The highest BCUT2D eigenvalue weighted by Gasteiger charge is 2.17. The number of halogens is 1. The summed E-state index contributed by atoms with van der Waals surface area (Å²) in [6, 6.07) is 8.20. The van der Waals surface area contributed by atoms with Gasteiger partial charge in [-0.15, -0.1) is 0 Å². The summed E-state index contributed by atoms with van der Waals surface area (Å²) in [6.07, 6.45) is 2.07. The van der Waals surface area contributed by atoms with Crippen LogP contribution in [0.25, 0.3) is 0 Å². The highest BCUT2D eigenvalue weighted by molar-refractivity contribution is 9.10. The summed E-state index contributed by atoms with van der Waals surface area (Å²) >= 11 is 3.51. The Morgan fingerprint density at radius 2 is 2.06 bits per heavy atom. The lowest BCUT2D eigenvalue weighted by Crippen LogP contribution is -2.39. The van der Waals surface area contributed by atoms with Crippen LogP contribution in [0.3, 0.4) is 0 Å². The van der Waals surface area contributed by atoms with Crippen molar-refractivity contribution in [1.29, 1.82) is 5.26 Å². The summed E-state index contributed by atoms with van der Waals surface area (Å²) in [5.74, 6) is 0. The maximum atomic E-state index is 8.80. The lowest BCUT2D eigenvalue weighted by molar-refractivity contribution is 0.501. The van der Waals surface area contributed by atoms with Crippen LogP contribution in [0.15, 0.2) is 22.7 Å². The summed E-state index contributed by atoms with van der Waals surface area (Å²) in [7, 11) is 0. The second kappa shape index (κ2) is 4.86. The Bertz CT molecular complexity index is 417. The Hall–Kier alpha value is -1.05. The average molecular weight is 280 g/mol. The molecule has 1 aliphatic heterocycles. The van der Waals surface area contributed by atoms with E-state index in [2.05, 4.69) is 26.9 Å². The third-order valence-electron chi connectivity index (χ3n) is 2.96. The minimum Gasteiger partial charge on any atom is -0.371 e. The molecule has 1 aromatic carbocycles. The monoisotopic (exact) mass is 279 g/mol. The van der Waals surface area contributed by atoms with Crippen molar-refractivity contribution >= 4 is 21.6 Å². The molecular weight excluding hydrogens is 266 g/mol. The second-order valence-electron chi connectivity index (χ2n) is 4.10. The minimum atomic E-state index is 0.341. The average Bonchev–Trinajstić information content (AvgIpc) is 2.30. The van der Waals surface area contributed by atoms with Gasteiger partial charge in [-0.1, -0.05) is 0 Å². The van der Waals surface area contributed by atoms with Gasteiger partial charge in [-0.25, -0.2) is 0 Å². The van der Waals surface area contributed by atoms with Crippen molar-refractivity contribution in [2.45, 2.75) is 18.9 Å². The van der Waals surface area contributed by atoms with Gasteiger partial charge in [0.15, 0.2) is 0 Å². The van der Waals surface area contributed by atoms with E-state index in [0.29, 0.717) is 11.6 Å². The normalized spacial score (nSPS) is 17.2. The summed E-state index contributed by atoms with van der Waals surface area (Å²) in [4.78, 5) is 2.31. The topological polar surface area (TPSA) is 53.0 Å². The Labute approximate surface area is 104 Å². The van der Waals surface area contributed by atoms with Crippen LogP contribution in [0.2, 0.25) is 0 Å². The highest BCUT2D eigenvalue weighted by atomic mass is 79.9.